The Morgan fingerprint density at radius 3 is 1.58 bits per heavy atom. The minimum Gasteiger partial charge on any atom is -0.490 e. The third-order valence-corrected chi connectivity index (χ3v) is 7.59. The van der Waals surface area contributed by atoms with Gasteiger partial charge in [0.15, 0.2) is 10.9 Å². The number of fused-ring (bicyclic) bond motifs is 2. The molecule has 0 unspecified atom stereocenters. The van der Waals surface area contributed by atoms with E-state index in [1.807, 2.05) is 35.0 Å². The number of thiophene rings is 2. The first-order chi connectivity index (χ1) is 18.6. The third kappa shape index (κ3) is 4.74. The number of ether oxygens (including phenoxy) is 2. The minimum atomic E-state index is -1.03. The molecule has 4 aromatic heterocycles. The molecule has 0 aliphatic heterocycles. The molecule has 6 aromatic rings. The van der Waals surface area contributed by atoms with Crippen molar-refractivity contribution in [3.05, 3.63) is 104 Å². The van der Waals surface area contributed by atoms with Crippen LogP contribution in [0.1, 0.15) is 0 Å². The van der Waals surface area contributed by atoms with Crippen LogP contribution in [0.4, 0.5) is 0 Å². The number of benzene rings is 2. The summed E-state index contributed by atoms with van der Waals surface area (Å²) in [6, 6.07) is 20.6. The first kappa shape index (κ1) is 24.2. The van der Waals surface area contributed by atoms with Crippen molar-refractivity contribution >= 4 is 44.6 Å². The summed E-state index contributed by atoms with van der Waals surface area (Å²) in [4.78, 5) is 27.4. The van der Waals surface area contributed by atoms with E-state index in [1.165, 1.54) is 34.8 Å². The molecule has 0 saturated heterocycles. The number of aliphatic hydroxyl groups excluding tert-OH is 1. The van der Waals surface area contributed by atoms with Gasteiger partial charge in [0.25, 0.3) is 0 Å². The maximum absolute atomic E-state index is 12.9. The first-order valence-electron chi connectivity index (χ1n) is 11.7. The van der Waals surface area contributed by atoms with Crippen LogP contribution in [0.15, 0.2) is 102 Å². The average Bonchev–Trinajstić information content (AvgIpc) is 3.65. The van der Waals surface area contributed by atoms with Crippen LogP contribution in [-0.2, 0) is 0 Å². The Labute approximate surface area is 223 Å². The van der Waals surface area contributed by atoms with Crippen LogP contribution in [0.25, 0.3) is 43.2 Å². The Morgan fingerprint density at radius 2 is 1.16 bits per heavy atom. The molecule has 7 nitrogen and oxygen atoms in total. The van der Waals surface area contributed by atoms with Crippen molar-refractivity contribution < 1.29 is 23.4 Å². The third-order valence-electron chi connectivity index (χ3n) is 5.82. The number of rotatable bonds is 8. The second kappa shape index (κ2) is 10.3. The van der Waals surface area contributed by atoms with Gasteiger partial charge in [-0.3, -0.25) is 9.59 Å². The summed E-state index contributed by atoms with van der Waals surface area (Å²) in [5, 5.41) is 15.0. The first-order valence-corrected chi connectivity index (χ1v) is 13.5. The van der Waals surface area contributed by atoms with Gasteiger partial charge in [-0.05, 0) is 47.2 Å². The molecule has 9 heteroatoms. The molecular formula is C29H20O7S2. The zero-order valence-electron chi connectivity index (χ0n) is 19.8. The molecule has 0 fully saturated rings. The molecule has 4 heterocycles. The highest BCUT2D eigenvalue weighted by molar-refractivity contribution is 7.13. The van der Waals surface area contributed by atoms with Gasteiger partial charge >= 0.3 is 0 Å². The van der Waals surface area contributed by atoms with E-state index >= 15 is 0 Å². The van der Waals surface area contributed by atoms with Crippen molar-refractivity contribution in [2.75, 3.05) is 13.2 Å². The lowest BCUT2D eigenvalue weighted by Crippen LogP contribution is -2.25. The Morgan fingerprint density at radius 1 is 0.684 bits per heavy atom. The summed E-state index contributed by atoms with van der Waals surface area (Å²) in [5.74, 6) is 1.59. The predicted octanol–water partition coefficient (Wildman–Crippen LogP) is 6.18. The van der Waals surface area contributed by atoms with Crippen LogP contribution >= 0.6 is 22.7 Å². The van der Waals surface area contributed by atoms with E-state index in [1.54, 1.807) is 36.4 Å². The van der Waals surface area contributed by atoms with Gasteiger partial charge < -0.3 is 23.4 Å². The lowest BCUT2D eigenvalue weighted by molar-refractivity contribution is 0.0636. The van der Waals surface area contributed by atoms with Crippen LogP contribution in [0, 0.1) is 0 Å². The van der Waals surface area contributed by atoms with Crippen LogP contribution in [0.3, 0.4) is 0 Å². The molecule has 2 aromatic carbocycles. The van der Waals surface area contributed by atoms with Gasteiger partial charge in [0.2, 0.25) is 0 Å². The maximum atomic E-state index is 12.9. The van der Waals surface area contributed by atoms with E-state index in [2.05, 4.69) is 0 Å². The zero-order valence-corrected chi connectivity index (χ0v) is 21.4. The standard InChI is InChI=1S/C29H20O7S2/c30-17(15-33-20-5-1-7-22-28(20)18(31)13-24(35-22)26-9-3-11-37-26)16-34-21-6-2-8-23-29(21)19(32)14-25(36-23)27-10-4-12-38-27/h1-14,17,30H,15-16H2. The van der Waals surface area contributed by atoms with E-state index in [9.17, 15) is 14.7 Å². The van der Waals surface area contributed by atoms with Gasteiger partial charge in [0, 0.05) is 12.1 Å². The van der Waals surface area contributed by atoms with Gasteiger partial charge in [0.1, 0.15) is 64.3 Å². The van der Waals surface area contributed by atoms with Crippen LogP contribution < -0.4 is 20.3 Å². The normalized spacial score (nSPS) is 11.4. The van der Waals surface area contributed by atoms with E-state index in [0.717, 1.165) is 9.75 Å². The SMILES string of the molecule is O=c1cc(-c2cccs2)oc2cccc(OCC(O)COc3cccc4oc(-c5cccs5)cc(=O)c34)c12. The Hall–Kier alpha value is -4.18. The van der Waals surface area contributed by atoms with Crippen molar-refractivity contribution in [3.63, 3.8) is 0 Å². The second-order valence-corrected chi connectivity index (χ2v) is 10.3. The van der Waals surface area contributed by atoms with Crippen molar-refractivity contribution in [2.24, 2.45) is 0 Å². The zero-order chi connectivity index (χ0) is 26.1. The molecular weight excluding hydrogens is 524 g/mol. The van der Waals surface area contributed by atoms with Crippen molar-refractivity contribution in [1.82, 2.24) is 0 Å². The van der Waals surface area contributed by atoms with Gasteiger partial charge in [-0.1, -0.05) is 24.3 Å². The highest BCUT2D eigenvalue weighted by Crippen LogP contribution is 2.31. The van der Waals surface area contributed by atoms with Crippen LogP contribution in [0.5, 0.6) is 11.5 Å². The molecule has 0 spiro atoms. The van der Waals surface area contributed by atoms with Crippen molar-refractivity contribution in [3.8, 4) is 32.8 Å². The summed E-state index contributed by atoms with van der Waals surface area (Å²) in [6.07, 6.45) is -1.03. The van der Waals surface area contributed by atoms with E-state index in [4.69, 9.17) is 18.3 Å². The topological polar surface area (TPSA) is 99.1 Å². The maximum Gasteiger partial charge on any atom is 0.197 e. The average molecular weight is 545 g/mol. The lowest BCUT2D eigenvalue weighted by atomic mass is 10.2. The van der Waals surface area contributed by atoms with Crippen LogP contribution in [-0.4, -0.2) is 24.4 Å². The molecule has 0 bridgehead atoms. The molecule has 38 heavy (non-hydrogen) atoms. The molecule has 190 valence electrons. The monoisotopic (exact) mass is 544 g/mol. The fraction of sp³-hybridized carbons (Fsp3) is 0.103. The fourth-order valence-corrected chi connectivity index (χ4v) is 5.45. The van der Waals surface area contributed by atoms with Crippen LogP contribution in [0.2, 0.25) is 0 Å². The highest BCUT2D eigenvalue weighted by atomic mass is 32.1. The lowest BCUT2D eigenvalue weighted by Gasteiger charge is -2.15. The van der Waals surface area contributed by atoms with E-state index in [0.29, 0.717) is 45.0 Å². The van der Waals surface area contributed by atoms with Crippen molar-refractivity contribution in [2.45, 2.75) is 6.10 Å². The summed E-state index contributed by atoms with van der Waals surface area (Å²) >= 11 is 2.96. The van der Waals surface area contributed by atoms with Gasteiger partial charge in [-0.25, -0.2) is 0 Å². The predicted molar refractivity (Wildman–Crippen MR) is 149 cm³/mol. The van der Waals surface area contributed by atoms with Crippen molar-refractivity contribution in [1.29, 1.82) is 0 Å². The number of aliphatic hydroxyl groups is 1. The number of hydrogen-bond donors (Lipinski definition) is 1. The summed E-state index contributed by atoms with van der Waals surface area (Å²) in [5.41, 5.74) is 0.322. The summed E-state index contributed by atoms with van der Waals surface area (Å²) in [7, 11) is 0. The summed E-state index contributed by atoms with van der Waals surface area (Å²) in [6.45, 7) is -0.264. The van der Waals surface area contributed by atoms with Gasteiger partial charge in [-0.15, -0.1) is 22.7 Å². The minimum absolute atomic E-state index is 0.132. The molecule has 0 aliphatic rings. The fourth-order valence-electron chi connectivity index (χ4n) is 4.10. The Bertz CT molecular complexity index is 1700. The Balaban J connectivity index is 1.17. The molecule has 0 amide bonds. The smallest absolute Gasteiger partial charge is 0.197 e. The van der Waals surface area contributed by atoms with E-state index in [-0.39, 0.29) is 24.1 Å². The molecule has 0 aliphatic carbocycles. The molecule has 1 N–H and O–H groups in total. The van der Waals surface area contributed by atoms with Gasteiger partial charge in [0.05, 0.1) is 9.75 Å². The molecule has 0 radical (unpaired) electrons. The Kier molecular flexibility index (Phi) is 6.55. The molecule has 0 saturated carbocycles. The molecule has 0 atom stereocenters. The largest absolute Gasteiger partial charge is 0.490 e. The quantitative estimate of drug-likeness (QED) is 0.244. The highest BCUT2D eigenvalue weighted by Gasteiger charge is 2.16. The molecule has 6 rings (SSSR count). The second-order valence-electron chi connectivity index (χ2n) is 8.44. The van der Waals surface area contributed by atoms with Gasteiger partial charge in [-0.2, -0.15) is 0 Å². The number of hydrogen-bond acceptors (Lipinski definition) is 9. The van der Waals surface area contributed by atoms with E-state index < -0.39 is 6.10 Å². The summed E-state index contributed by atoms with van der Waals surface area (Å²) < 4.78 is 23.4.